The van der Waals surface area contributed by atoms with Crippen molar-refractivity contribution in [2.75, 3.05) is 13.7 Å². The Morgan fingerprint density at radius 2 is 2.24 bits per heavy atom. The Bertz CT molecular complexity index is 496. The largest absolute Gasteiger partial charge is 0.495 e. The molecule has 0 amide bonds. The van der Waals surface area contributed by atoms with Crippen molar-refractivity contribution >= 4 is 21.6 Å². The Morgan fingerprint density at radius 3 is 2.76 bits per heavy atom. The van der Waals surface area contributed by atoms with Crippen molar-refractivity contribution in [2.24, 2.45) is 0 Å². The molecule has 0 fully saturated rings. The van der Waals surface area contributed by atoms with E-state index >= 15 is 0 Å². The number of sulfonamides is 1. The lowest BCUT2D eigenvalue weighted by atomic mass is 10.4. The molecule has 96 valence electrons. The van der Waals surface area contributed by atoms with Crippen LogP contribution in [-0.4, -0.2) is 33.5 Å². The van der Waals surface area contributed by atoms with Gasteiger partial charge in [-0.25, -0.2) is 26.9 Å². The zero-order valence-electron chi connectivity index (χ0n) is 8.65. The van der Waals surface area contributed by atoms with Crippen LogP contribution in [0, 0.1) is 0 Å². The van der Waals surface area contributed by atoms with Crippen LogP contribution < -0.4 is 9.46 Å². The molecule has 0 aromatic carbocycles. The average Bonchev–Trinajstić information content (AvgIpc) is 2.26. The molecule has 0 aliphatic rings. The molecule has 1 N–H and O–H groups in total. The van der Waals surface area contributed by atoms with Crippen LogP contribution in [0.4, 0.5) is 8.78 Å². The number of pyridine rings is 1. The SMILES string of the molecule is COc1cc(Cl)ncc1S(=O)(=O)NCC(F)F. The summed E-state index contributed by atoms with van der Waals surface area (Å²) in [7, 11) is -2.86. The monoisotopic (exact) mass is 286 g/mol. The van der Waals surface area contributed by atoms with E-state index in [1.165, 1.54) is 13.2 Å². The summed E-state index contributed by atoms with van der Waals surface area (Å²) in [6.45, 7) is -0.978. The summed E-state index contributed by atoms with van der Waals surface area (Å²) >= 11 is 5.55. The van der Waals surface area contributed by atoms with Gasteiger partial charge in [0.05, 0.1) is 19.9 Å². The second-order valence-electron chi connectivity index (χ2n) is 2.90. The van der Waals surface area contributed by atoms with Gasteiger partial charge < -0.3 is 4.74 Å². The molecular weight excluding hydrogens is 278 g/mol. The first-order chi connectivity index (χ1) is 7.86. The summed E-state index contributed by atoms with van der Waals surface area (Å²) < 4.78 is 53.6. The van der Waals surface area contributed by atoms with Gasteiger partial charge in [0.25, 0.3) is 6.43 Å². The Hall–Kier alpha value is -0.990. The Labute approximate surface area is 102 Å². The van der Waals surface area contributed by atoms with Crippen LogP contribution >= 0.6 is 11.6 Å². The molecule has 0 aliphatic heterocycles. The molecule has 1 aromatic heterocycles. The van der Waals surface area contributed by atoms with E-state index in [0.29, 0.717) is 0 Å². The fraction of sp³-hybridized carbons (Fsp3) is 0.375. The molecule has 0 bridgehead atoms. The van der Waals surface area contributed by atoms with E-state index in [0.717, 1.165) is 6.20 Å². The molecule has 0 saturated heterocycles. The minimum absolute atomic E-state index is 0.0367. The third-order valence-electron chi connectivity index (χ3n) is 1.74. The molecule has 0 atom stereocenters. The van der Waals surface area contributed by atoms with Crippen molar-refractivity contribution in [2.45, 2.75) is 11.3 Å². The summed E-state index contributed by atoms with van der Waals surface area (Å²) in [5.74, 6) is -0.0632. The van der Waals surface area contributed by atoms with E-state index in [1.807, 2.05) is 0 Å². The molecule has 9 heteroatoms. The smallest absolute Gasteiger partial charge is 0.251 e. The lowest BCUT2D eigenvalue weighted by molar-refractivity contribution is 0.153. The first-order valence-electron chi connectivity index (χ1n) is 4.34. The van der Waals surface area contributed by atoms with Crippen molar-refractivity contribution < 1.29 is 21.9 Å². The lowest BCUT2D eigenvalue weighted by Gasteiger charge is -2.09. The van der Waals surface area contributed by atoms with Crippen LogP contribution in [0.5, 0.6) is 5.75 Å². The van der Waals surface area contributed by atoms with Crippen LogP contribution in [0.2, 0.25) is 5.15 Å². The highest BCUT2D eigenvalue weighted by Gasteiger charge is 2.21. The van der Waals surface area contributed by atoms with Gasteiger partial charge >= 0.3 is 0 Å². The summed E-state index contributed by atoms with van der Waals surface area (Å²) in [6, 6.07) is 1.18. The number of hydrogen-bond donors (Lipinski definition) is 1. The highest BCUT2D eigenvalue weighted by atomic mass is 35.5. The number of aromatic nitrogens is 1. The number of hydrogen-bond acceptors (Lipinski definition) is 4. The van der Waals surface area contributed by atoms with E-state index in [2.05, 4.69) is 4.98 Å². The fourth-order valence-electron chi connectivity index (χ4n) is 1.01. The van der Waals surface area contributed by atoms with Crippen molar-refractivity contribution in [3.05, 3.63) is 17.4 Å². The molecule has 0 spiro atoms. The molecule has 0 radical (unpaired) electrons. The molecule has 1 aromatic rings. The van der Waals surface area contributed by atoms with Gasteiger partial charge in [-0.3, -0.25) is 0 Å². The second-order valence-corrected chi connectivity index (χ2v) is 5.02. The fourth-order valence-corrected chi connectivity index (χ4v) is 2.26. The number of methoxy groups -OCH3 is 1. The zero-order valence-corrected chi connectivity index (χ0v) is 10.2. The van der Waals surface area contributed by atoms with E-state index in [9.17, 15) is 17.2 Å². The van der Waals surface area contributed by atoms with Gasteiger partial charge in [-0.2, -0.15) is 0 Å². The van der Waals surface area contributed by atoms with E-state index < -0.39 is 23.0 Å². The molecule has 1 rings (SSSR count). The maximum atomic E-state index is 11.9. The molecule has 0 saturated carbocycles. The van der Waals surface area contributed by atoms with Crippen LogP contribution in [-0.2, 0) is 10.0 Å². The predicted molar refractivity (Wildman–Crippen MR) is 57.0 cm³/mol. The van der Waals surface area contributed by atoms with Gasteiger partial charge in [0.15, 0.2) is 0 Å². The number of rotatable bonds is 5. The first kappa shape index (κ1) is 14.1. The van der Waals surface area contributed by atoms with E-state index in [4.69, 9.17) is 16.3 Å². The number of halogens is 3. The molecule has 0 aliphatic carbocycles. The maximum Gasteiger partial charge on any atom is 0.251 e. The summed E-state index contributed by atoms with van der Waals surface area (Å²) in [5, 5.41) is 0.0367. The highest BCUT2D eigenvalue weighted by Crippen LogP contribution is 2.24. The van der Waals surface area contributed by atoms with Crippen LogP contribution in [0.3, 0.4) is 0 Å². The Balaban J connectivity index is 3.06. The van der Waals surface area contributed by atoms with Crippen molar-refractivity contribution in [3.63, 3.8) is 0 Å². The van der Waals surface area contributed by atoms with Crippen LogP contribution in [0.25, 0.3) is 0 Å². The molecule has 0 unspecified atom stereocenters. The standard InChI is InChI=1S/C8H9ClF2N2O3S/c1-16-5-2-7(9)12-3-6(5)17(14,15)13-4-8(10)11/h2-3,8,13H,4H2,1H3. The van der Waals surface area contributed by atoms with Gasteiger partial charge in [-0.15, -0.1) is 0 Å². The first-order valence-corrected chi connectivity index (χ1v) is 6.20. The number of ether oxygens (including phenoxy) is 1. The van der Waals surface area contributed by atoms with Crippen LogP contribution in [0.1, 0.15) is 0 Å². The van der Waals surface area contributed by atoms with Gasteiger partial charge in [0, 0.05) is 6.07 Å². The Kier molecular flexibility index (Phi) is 4.61. The normalized spacial score (nSPS) is 11.8. The zero-order chi connectivity index (χ0) is 13.1. The second kappa shape index (κ2) is 5.56. The van der Waals surface area contributed by atoms with E-state index in [1.54, 1.807) is 4.72 Å². The predicted octanol–water partition coefficient (Wildman–Crippen LogP) is 1.29. The topological polar surface area (TPSA) is 68.3 Å². The molecule has 17 heavy (non-hydrogen) atoms. The quantitative estimate of drug-likeness (QED) is 0.828. The van der Waals surface area contributed by atoms with Gasteiger partial charge in [0.2, 0.25) is 10.0 Å². The van der Waals surface area contributed by atoms with Crippen molar-refractivity contribution in [3.8, 4) is 5.75 Å². The maximum absolute atomic E-state index is 11.9. The van der Waals surface area contributed by atoms with E-state index in [-0.39, 0.29) is 15.8 Å². The minimum Gasteiger partial charge on any atom is -0.495 e. The van der Waals surface area contributed by atoms with Crippen molar-refractivity contribution in [1.29, 1.82) is 0 Å². The molecule has 5 nitrogen and oxygen atoms in total. The summed E-state index contributed by atoms with van der Waals surface area (Å²) in [5.41, 5.74) is 0. The average molecular weight is 287 g/mol. The third kappa shape index (κ3) is 3.76. The molecular formula is C8H9ClF2N2O3S. The molecule has 1 heterocycles. The van der Waals surface area contributed by atoms with Gasteiger partial charge in [-0.05, 0) is 0 Å². The van der Waals surface area contributed by atoms with Crippen molar-refractivity contribution in [1.82, 2.24) is 9.71 Å². The summed E-state index contributed by atoms with van der Waals surface area (Å²) in [4.78, 5) is 3.22. The summed E-state index contributed by atoms with van der Waals surface area (Å²) in [6.07, 6.45) is -1.84. The minimum atomic E-state index is -4.09. The number of alkyl halides is 2. The third-order valence-corrected chi connectivity index (χ3v) is 3.37. The number of nitrogens with zero attached hydrogens (tertiary/aromatic N) is 1. The van der Waals surface area contributed by atoms with Gasteiger partial charge in [0.1, 0.15) is 15.8 Å². The highest BCUT2D eigenvalue weighted by molar-refractivity contribution is 7.89. The van der Waals surface area contributed by atoms with Gasteiger partial charge in [-0.1, -0.05) is 11.6 Å². The lowest BCUT2D eigenvalue weighted by Crippen LogP contribution is -2.29. The Morgan fingerprint density at radius 1 is 1.59 bits per heavy atom. The van der Waals surface area contributed by atoms with Crippen LogP contribution in [0.15, 0.2) is 17.2 Å². The number of nitrogens with one attached hydrogen (secondary N) is 1.